The van der Waals surface area contributed by atoms with Gasteiger partial charge in [0.25, 0.3) is 0 Å². The van der Waals surface area contributed by atoms with Crippen molar-refractivity contribution in [2.75, 3.05) is 13.1 Å². The quantitative estimate of drug-likeness (QED) is 0.672. The Bertz CT molecular complexity index is 1000. The summed E-state index contributed by atoms with van der Waals surface area (Å²) in [5, 5.41) is 0. The molecule has 3 rings (SSSR count). The van der Waals surface area contributed by atoms with Crippen molar-refractivity contribution < 1.29 is 35.5 Å². The summed E-state index contributed by atoms with van der Waals surface area (Å²) in [5.74, 6) is -1.10. The average Bonchev–Trinajstić information content (AvgIpc) is 2.69. The third kappa shape index (κ3) is 6.66. The molecule has 1 aliphatic heterocycles. The second-order valence-electron chi connectivity index (χ2n) is 7.10. The number of sulfonamides is 1. The van der Waals surface area contributed by atoms with E-state index in [1.165, 1.54) is 24.3 Å². The molecule has 0 bridgehead atoms. The van der Waals surface area contributed by atoms with Gasteiger partial charge in [-0.3, -0.25) is 4.79 Å². The zero-order valence-electron chi connectivity index (χ0n) is 16.2. The summed E-state index contributed by atoms with van der Waals surface area (Å²) in [5.41, 5.74) is 0.540. The number of alkyl halides is 3. The van der Waals surface area contributed by atoms with Crippen LogP contribution in [0.3, 0.4) is 0 Å². The lowest BCUT2D eigenvalue weighted by atomic mass is 10.0. The van der Waals surface area contributed by atoms with E-state index in [4.69, 9.17) is 0 Å². The van der Waals surface area contributed by atoms with E-state index in [0.717, 1.165) is 24.3 Å². The standard InChI is InChI=1S/C20H20F4N2O4S/c21-15-3-7-18(8-4-15)31(28,29)25-16-9-11-26(12-10-16)19(27)13-14-1-5-17(6-2-14)30-20(22,23)24/h1-8,16,25H,9-13H2. The molecule has 0 unspecified atom stereocenters. The smallest absolute Gasteiger partial charge is 0.406 e. The van der Waals surface area contributed by atoms with Gasteiger partial charge >= 0.3 is 6.36 Å². The first-order chi connectivity index (χ1) is 14.5. The Labute approximate surface area is 176 Å². The van der Waals surface area contributed by atoms with Gasteiger partial charge in [0.1, 0.15) is 11.6 Å². The Hall–Kier alpha value is -2.66. The van der Waals surface area contributed by atoms with Gasteiger partial charge in [-0.2, -0.15) is 0 Å². The number of benzene rings is 2. The van der Waals surface area contributed by atoms with Crippen molar-refractivity contribution in [2.45, 2.75) is 36.6 Å². The van der Waals surface area contributed by atoms with E-state index in [9.17, 15) is 30.8 Å². The number of carbonyl (C=O) groups is 1. The first-order valence-corrected chi connectivity index (χ1v) is 10.9. The van der Waals surface area contributed by atoms with Crippen molar-refractivity contribution in [2.24, 2.45) is 0 Å². The molecule has 0 radical (unpaired) electrons. The van der Waals surface area contributed by atoms with Crippen molar-refractivity contribution >= 4 is 15.9 Å². The molecule has 0 atom stereocenters. The lowest BCUT2D eigenvalue weighted by molar-refractivity contribution is -0.274. The van der Waals surface area contributed by atoms with Gasteiger partial charge in [0, 0.05) is 19.1 Å². The van der Waals surface area contributed by atoms with Gasteiger partial charge in [-0.1, -0.05) is 12.1 Å². The average molecular weight is 460 g/mol. The third-order valence-corrected chi connectivity index (χ3v) is 6.34. The predicted octanol–water partition coefficient (Wildman–Crippen LogP) is 3.24. The van der Waals surface area contributed by atoms with Gasteiger partial charge < -0.3 is 9.64 Å². The maximum atomic E-state index is 13.0. The molecule has 0 spiro atoms. The summed E-state index contributed by atoms with van der Waals surface area (Å²) in [6.45, 7) is 0.676. The van der Waals surface area contributed by atoms with Crippen molar-refractivity contribution in [3.63, 3.8) is 0 Å². The normalized spacial score (nSPS) is 15.7. The molecule has 168 valence electrons. The lowest BCUT2D eigenvalue weighted by Crippen LogP contribution is -2.46. The maximum absolute atomic E-state index is 13.0. The molecule has 0 saturated carbocycles. The highest BCUT2D eigenvalue weighted by Gasteiger charge is 2.31. The number of carbonyl (C=O) groups excluding carboxylic acids is 1. The van der Waals surface area contributed by atoms with Crippen LogP contribution in [-0.4, -0.2) is 44.7 Å². The molecule has 1 saturated heterocycles. The highest BCUT2D eigenvalue weighted by atomic mass is 32.2. The van der Waals surface area contributed by atoms with E-state index in [0.29, 0.717) is 31.5 Å². The zero-order chi connectivity index (χ0) is 22.6. The van der Waals surface area contributed by atoms with Crippen LogP contribution in [0.2, 0.25) is 0 Å². The molecule has 1 aliphatic rings. The van der Waals surface area contributed by atoms with Crippen molar-refractivity contribution in [1.82, 2.24) is 9.62 Å². The van der Waals surface area contributed by atoms with E-state index in [1.54, 1.807) is 4.90 Å². The molecule has 11 heteroatoms. The number of nitrogens with zero attached hydrogens (tertiary/aromatic N) is 1. The first kappa shape index (κ1) is 23.0. The van der Waals surface area contributed by atoms with Gasteiger partial charge in [0.2, 0.25) is 15.9 Å². The Morgan fingerprint density at radius 1 is 1.03 bits per heavy atom. The van der Waals surface area contributed by atoms with Gasteiger partial charge in [-0.25, -0.2) is 17.5 Å². The van der Waals surface area contributed by atoms with Crippen LogP contribution in [0.4, 0.5) is 17.6 Å². The Balaban J connectivity index is 1.50. The fraction of sp³-hybridized carbons (Fsp3) is 0.350. The van der Waals surface area contributed by atoms with E-state index in [2.05, 4.69) is 9.46 Å². The molecule has 0 aliphatic carbocycles. The first-order valence-electron chi connectivity index (χ1n) is 9.42. The Morgan fingerprint density at radius 3 is 2.16 bits per heavy atom. The number of ether oxygens (including phenoxy) is 1. The number of rotatable bonds is 6. The van der Waals surface area contributed by atoms with Gasteiger partial charge in [0.15, 0.2) is 0 Å². The number of hydrogen-bond acceptors (Lipinski definition) is 4. The van der Waals surface area contributed by atoms with Crippen LogP contribution in [0.25, 0.3) is 0 Å². The number of nitrogens with one attached hydrogen (secondary N) is 1. The highest BCUT2D eigenvalue weighted by Crippen LogP contribution is 2.23. The van der Waals surface area contributed by atoms with Gasteiger partial charge in [0.05, 0.1) is 11.3 Å². The molecule has 1 fully saturated rings. The highest BCUT2D eigenvalue weighted by molar-refractivity contribution is 7.89. The lowest BCUT2D eigenvalue weighted by Gasteiger charge is -2.32. The molecule has 2 aromatic rings. The molecular weight excluding hydrogens is 440 g/mol. The largest absolute Gasteiger partial charge is 0.573 e. The molecule has 6 nitrogen and oxygen atoms in total. The van der Waals surface area contributed by atoms with Crippen LogP contribution in [0.5, 0.6) is 5.75 Å². The SMILES string of the molecule is O=C(Cc1ccc(OC(F)(F)F)cc1)N1CCC(NS(=O)(=O)c2ccc(F)cc2)CC1. The molecule has 2 aromatic carbocycles. The van der Waals surface area contributed by atoms with E-state index >= 15 is 0 Å². The zero-order valence-corrected chi connectivity index (χ0v) is 17.0. The summed E-state index contributed by atoms with van der Waals surface area (Å²) in [4.78, 5) is 14.0. The monoisotopic (exact) mass is 460 g/mol. The second kappa shape index (κ2) is 9.23. The number of hydrogen-bond donors (Lipinski definition) is 1. The van der Waals surface area contributed by atoms with Crippen LogP contribution >= 0.6 is 0 Å². The van der Waals surface area contributed by atoms with Crippen LogP contribution in [0, 0.1) is 5.82 Å². The van der Waals surface area contributed by atoms with Crippen molar-refractivity contribution in [3.05, 3.63) is 59.9 Å². The number of halogens is 4. The second-order valence-corrected chi connectivity index (χ2v) is 8.81. The van der Waals surface area contributed by atoms with Crippen LogP contribution in [-0.2, 0) is 21.2 Å². The Kier molecular flexibility index (Phi) is 6.85. The summed E-state index contributed by atoms with van der Waals surface area (Å²) >= 11 is 0. The summed E-state index contributed by atoms with van der Waals surface area (Å²) < 4.78 is 80.7. The van der Waals surface area contributed by atoms with Crippen molar-refractivity contribution in [1.29, 1.82) is 0 Å². The number of piperidine rings is 1. The van der Waals surface area contributed by atoms with E-state index in [1.807, 2.05) is 0 Å². The topological polar surface area (TPSA) is 75.7 Å². The molecule has 1 N–H and O–H groups in total. The van der Waals surface area contributed by atoms with Crippen LogP contribution < -0.4 is 9.46 Å². The summed E-state index contributed by atoms with van der Waals surface area (Å²) in [7, 11) is -3.79. The van der Waals surface area contributed by atoms with Gasteiger partial charge in [-0.05, 0) is 54.8 Å². The maximum Gasteiger partial charge on any atom is 0.573 e. The molecular formula is C20H20F4N2O4S. The fourth-order valence-electron chi connectivity index (χ4n) is 3.24. The summed E-state index contributed by atoms with van der Waals surface area (Å²) in [6.07, 6.45) is -3.95. The Morgan fingerprint density at radius 2 is 1.61 bits per heavy atom. The van der Waals surface area contributed by atoms with E-state index < -0.39 is 22.2 Å². The molecule has 1 heterocycles. The third-order valence-electron chi connectivity index (χ3n) is 4.81. The molecule has 31 heavy (non-hydrogen) atoms. The predicted molar refractivity (Wildman–Crippen MR) is 103 cm³/mol. The minimum Gasteiger partial charge on any atom is -0.406 e. The van der Waals surface area contributed by atoms with E-state index in [-0.39, 0.29) is 29.0 Å². The number of likely N-dealkylation sites (tertiary alicyclic amines) is 1. The fourth-order valence-corrected chi connectivity index (χ4v) is 4.55. The minimum atomic E-state index is -4.78. The van der Waals surface area contributed by atoms with Crippen LogP contribution in [0.15, 0.2) is 53.4 Å². The number of amides is 1. The molecule has 1 amide bonds. The van der Waals surface area contributed by atoms with Crippen molar-refractivity contribution in [3.8, 4) is 5.75 Å². The summed E-state index contributed by atoms with van der Waals surface area (Å²) in [6, 6.07) is 9.21. The van der Waals surface area contributed by atoms with Crippen LogP contribution in [0.1, 0.15) is 18.4 Å². The minimum absolute atomic E-state index is 0.0122. The molecule has 0 aromatic heterocycles. The van der Waals surface area contributed by atoms with Gasteiger partial charge in [-0.15, -0.1) is 13.2 Å².